The fourth-order valence-electron chi connectivity index (χ4n) is 4.44. The molecule has 1 unspecified atom stereocenters. The number of aromatic nitrogens is 2. The largest absolute Gasteiger partial charge is 0.387 e. The van der Waals surface area contributed by atoms with Crippen LogP contribution in [-0.2, 0) is 29.8 Å². The predicted molar refractivity (Wildman–Crippen MR) is 184 cm³/mol. The van der Waals surface area contributed by atoms with E-state index in [0.29, 0.717) is 0 Å². The van der Waals surface area contributed by atoms with Gasteiger partial charge in [0.1, 0.15) is 18.3 Å². The highest BCUT2D eigenvalue weighted by Crippen LogP contribution is 2.55. The van der Waals surface area contributed by atoms with E-state index in [-0.39, 0.29) is 12.4 Å². The van der Waals surface area contributed by atoms with Gasteiger partial charge in [0, 0.05) is 6.20 Å². The molecule has 1 aromatic carbocycles. The summed E-state index contributed by atoms with van der Waals surface area (Å²) in [5.74, 6) is -1.33. The molecule has 5 atom stereocenters. The zero-order valence-corrected chi connectivity index (χ0v) is 30.8. The van der Waals surface area contributed by atoms with Crippen molar-refractivity contribution >= 4 is 21.0 Å². The van der Waals surface area contributed by atoms with Crippen molar-refractivity contribution in [3.63, 3.8) is 0 Å². The average molecular weight is 724 g/mol. The summed E-state index contributed by atoms with van der Waals surface area (Å²) in [5, 5.41) is 20.4. The van der Waals surface area contributed by atoms with Crippen LogP contribution in [0.5, 0.6) is 0 Å². The van der Waals surface area contributed by atoms with E-state index < -0.39 is 57.9 Å². The molecule has 2 aromatic rings. The molecule has 1 fully saturated rings. The van der Waals surface area contributed by atoms with E-state index in [0.717, 1.165) is 15.7 Å². The van der Waals surface area contributed by atoms with Crippen LogP contribution in [0.15, 0.2) is 41.3 Å². The maximum absolute atomic E-state index is 12.4. The SMILES string of the molecule is CCN(CC)CC.CCN(CC)CC.Cc1ccc(CONc2ccn([C@@H]3O[C@H](COP(=O)(O)CP(=O)(O)O)[C@@H](O)[C@H]3O)c(=O)n2)cc1. The van der Waals surface area contributed by atoms with Gasteiger partial charge in [-0.1, -0.05) is 71.4 Å². The maximum Gasteiger partial charge on any atom is 0.351 e. The Morgan fingerprint density at radius 2 is 1.40 bits per heavy atom. The van der Waals surface area contributed by atoms with Crippen LogP contribution in [0, 0.1) is 6.92 Å². The van der Waals surface area contributed by atoms with Crippen LogP contribution in [0.25, 0.3) is 0 Å². The van der Waals surface area contributed by atoms with Gasteiger partial charge in [-0.15, -0.1) is 0 Å². The van der Waals surface area contributed by atoms with Gasteiger partial charge < -0.3 is 44.0 Å². The van der Waals surface area contributed by atoms with Crippen molar-refractivity contribution in [2.75, 3.05) is 57.3 Å². The Balaban J connectivity index is 0.000000687. The number of benzene rings is 1. The molecule has 0 spiro atoms. The predicted octanol–water partition coefficient (Wildman–Crippen LogP) is 2.75. The average Bonchev–Trinajstić information content (AvgIpc) is 3.31. The molecule has 18 heteroatoms. The van der Waals surface area contributed by atoms with Crippen LogP contribution in [0.4, 0.5) is 5.82 Å². The molecule has 3 rings (SSSR count). The number of nitrogens with one attached hydrogen (secondary N) is 1. The van der Waals surface area contributed by atoms with Crippen molar-refractivity contribution in [3.8, 4) is 0 Å². The number of aliphatic hydroxyl groups is 2. The second-order valence-electron chi connectivity index (χ2n) is 10.9. The summed E-state index contributed by atoms with van der Waals surface area (Å²) in [6.45, 7) is 21.6. The summed E-state index contributed by atoms with van der Waals surface area (Å²) < 4.78 is 33.6. The van der Waals surface area contributed by atoms with Crippen LogP contribution in [0.1, 0.15) is 58.9 Å². The number of ether oxygens (including phenoxy) is 1. The lowest BCUT2D eigenvalue weighted by atomic mass is 10.1. The summed E-state index contributed by atoms with van der Waals surface area (Å²) in [6.07, 6.45) is -4.76. The number of hydrogen-bond acceptors (Lipinski definition) is 12. The molecule has 0 aliphatic carbocycles. The number of hydrogen-bond donors (Lipinski definition) is 6. The minimum absolute atomic E-state index is 0.0833. The molecular formula is C30H55N5O11P2. The van der Waals surface area contributed by atoms with Gasteiger partial charge in [0.25, 0.3) is 0 Å². The molecule has 48 heavy (non-hydrogen) atoms. The van der Waals surface area contributed by atoms with E-state index in [1.165, 1.54) is 51.5 Å². The van der Waals surface area contributed by atoms with E-state index in [1.807, 2.05) is 31.2 Å². The van der Waals surface area contributed by atoms with Crippen molar-refractivity contribution in [2.45, 2.75) is 79.6 Å². The van der Waals surface area contributed by atoms with Gasteiger partial charge in [-0.3, -0.25) is 18.5 Å². The van der Waals surface area contributed by atoms with Crippen molar-refractivity contribution in [3.05, 3.63) is 58.1 Å². The third-order valence-electron chi connectivity index (χ3n) is 7.46. The number of nitrogens with zero attached hydrogens (tertiary/aromatic N) is 4. The first-order valence-corrected chi connectivity index (χ1v) is 19.6. The number of rotatable bonds is 16. The molecular weight excluding hydrogens is 668 g/mol. The molecule has 6 N–H and O–H groups in total. The van der Waals surface area contributed by atoms with Gasteiger partial charge in [-0.05, 0) is 57.8 Å². The first kappa shape index (κ1) is 44.0. The molecule has 0 saturated carbocycles. The molecule has 0 radical (unpaired) electrons. The fraction of sp³-hybridized carbons (Fsp3) is 0.667. The first-order valence-electron chi connectivity index (χ1n) is 16.0. The second kappa shape index (κ2) is 21.9. The lowest BCUT2D eigenvalue weighted by molar-refractivity contribution is -0.0523. The molecule has 1 aliphatic rings. The van der Waals surface area contributed by atoms with Crippen molar-refractivity contribution in [1.82, 2.24) is 19.4 Å². The Hall–Kier alpha value is -2.04. The molecule has 16 nitrogen and oxygen atoms in total. The van der Waals surface area contributed by atoms with E-state index in [1.54, 1.807) is 0 Å². The molecule has 1 aliphatic heterocycles. The molecule has 276 valence electrons. The zero-order chi connectivity index (χ0) is 36.5. The summed E-state index contributed by atoms with van der Waals surface area (Å²) in [5.41, 5.74) is 3.67. The Bertz CT molecular complexity index is 1310. The lowest BCUT2D eigenvalue weighted by Crippen LogP contribution is -2.36. The molecule has 1 aromatic heterocycles. The van der Waals surface area contributed by atoms with Gasteiger partial charge in [0.05, 0.1) is 13.2 Å². The number of aryl methyl sites for hydroxylation is 1. The quantitative estimate of drug-likeness (QED) is 0.108. The molecule has 1 saturated heterocycles. The number of anilines is 1. The highest BCUT2D eigenvalue weighted by Gasteiger charge is 2.45. The molecule has 0 bridgehead atoms. The van der Waals surface area contributed by atoms with Gasteiger partial charge in [0.2, 0.25) is 0 Å². The summed E-state index contributed by atoms with van der Waals surface area (Å²) in [7, 11) is -9.53. The first-order chi connectivity index (χ1) is 22.5. The van der Waals surface area contributed by atoms with Crippen LogP contribution in [-0.4, -0.2) is 114 Å². The minimum atomic E-state index is -4.84. The van der Waals surface area contributed by atoms with E-state index in [4.69, 9.17) is 19.4 Å². The second-order valence-corrected chi connectivity index (χ2v) is 14.9. The summed E-state index contributed by atoms with van der Waals surface area (Å²) >= 11 is 0. The third-order valence-corrected chi connectivity index (χ3v) is 10.9. The van der Waals surface area contributed by atoms with Gasteiger partial charge in [-0.25, -0.2) is 10.3 Å². The Morgan fingerprint density at radius 3 is 1.83 bits per heavy atom. The topological polar surface area (TPSA) is 216 Å². The van der Waals surface area contributed by atoms with Gasteiger partial charge >= 0.3 is 20.9 Å². The molecule has 0 amide bonds. The standard InChI is InChI=1S/C18H25N3O11P2.2C6H15N/c1-11-2-4-12(5-3-11)8-30-20-14-6-7-21(18(24)19-14)17-16(23)15(22)13(32-17)9-31-34(28,29)10-33(25,26)27;2*1-4-7(5-2)6-3/h2-7,13,15-17,22-23H,8-10H2,1H3,(H,28,29)(H,19,20,24)(H2,25,26,27);2*4-6H2,1-3H3/t13-,15-,16-,17-;;/m1../s1. The third kappa shape index (κ3) is 16.1. The fourth-order valence-corrected chi connectivity index (χ4v) is 7.01. The van der Waals surface area contributed by atoms with E-state index >= 15 is 0 Å². The Labute approximate surface area is 283 Å². The number of aliphatic hydroxyl groups excluding tert-OH is 2. The van der Waals surface area contributed by atoms with E-state index in [2.05, 4.69) is 66.3 Å². The normalized spacial score (nSPS) is 20.5. The minimum Gasteiger partial charge on any atom is -0.387 e. The summed E-state index contributed by atoms with van der Waals surface area (Å²) in [4.78, 5) is 53.4. The van der Waals surface area contributed by atoms with Crippen LogP contribution in [0.3, 0.4) is 0 Å². The van der Waals surface area contributed by atoms with Crippen LogP contribution >= 0.6 is 15.2 Å². The van der Waals surface area contributed by atoms with Crippen molar-refractivity contribution in [1.29, 1.82) is 0 Å². The summed E-state index contributed by atoms with van der Waals surface area (Å²) in [6, 6.07) is 8.98. The Morgan fingerprint density at radius 1 is 0.875 bits per heavy atom. The molecule has 2 heterocycles. The van der Waals surface area contributed by atoms with Gasteiger partial charge in [-0.2, -0.15) is 4.98 Å². The van der Waals surface area contributed by atoms with Crippen LogP contribution in [0.2, 0.25) is 0 Å². The van der Waals surface area contributed by atoms with Gasteiger partial charge in [0.15, 0.2) is 17.9 Å². The van der Waals surface area contributed by atoms with E-state index in [9.17, 15) is 29.0 Å². The zero-order valence-electron chi connectivity index (χ0n) is 29.0. The monoisotopic (exact) mass is 723 g/mol. The lowest BCUT2D eigenvalue weighted by Gasteiger charge is -2.18. The highest BCUT2D eigenvalue weighted by atomic mass is 31.2. The highest BCUT2D eigenvalue weighted by molar-refractivity contribution is 7.70. The van der Waals surface area contributed by atoms with Crippen molar-refractivity contribution < 1.29 is 48.1 Å². The van der Waals surface area contributed by atoms with Crippen LogP contribution < -0.4 is 11.2 Å². The Kier molecular flexibility index (Phi) is 20.1. The van der Waals surface area contributed by atoms with Crippen molar-refractivity contribution in [2.24, 2.45) is 0 Å². The maximum atomic E-state index is 12.4. The smallest absolute Gasteiger partial charge is 0.351 e.